The van der Waals surface area contributed by atoms with Crippen LogP contribution in [0.1, 0.15) is 175 Å². The number of carboxylic acid groups (broad SMARTS) is 1. The molecule has 448 valence electrons. The van der Waals surface area contributed by atoms with Crippen LogP contribution in [-0.4, -0.2) is 89.2 Å². The predicted octanol–water partition coefficient (Wildman–Crippen LogP) is 15.7. The van der Waals surface area contributed by atoms with Crippen molar-refractivity contribution >= 4 is 23.9 Å². The Balaban J connectivity index is 2.81. The van der Waals surface area contributed by atoms with E-state index in [-0.39, 0.29) is 19.3 Å². The van der Waals surface area contributed by atoms with Crippen LogP contribution in [0.2, 0.25) is 0 Å². The molecule has 12 heteroatoms. The smallest absolute Gasteiger partial charge is 0.335 e. The third-order valence-electron chi connectivity index (χ3n) is 12.0. The first-order valence-electron chi connectivity index (χ1n) is 29.8. The van der Waals surface area contributed by atoms with Gasteiger partial charge in [-0.2, -0.15) is 0 Å². The summed E-state index contributed by atoms with van der Waals surface area (Å²) in [6, 6.07) is 0. The van der Waals surface area contributed by atoms with Crippen molar-refractivity contribution in [3.63, 3.8) is 0 Å². The highest BCUT2D eigenvalue weighted by molar-refractivity contribution is 5.74. The van der Waals surface area contributed by atoms with Gasteiger partial charge in [0.2, 0.25) is 0 Å². The summed E-state index contributed by atoms with van der Waals surface area (Å²) in [5.74, 6) is -3.42. The van der Waals surface area contributed by atoms with Gasteiger partial charge in [0.1, 0.15) is 18.8 Å². The largest absolute Gasteiger partial charge is 0.479 e. The first-order chi connectivity index (χ1) is 39.6. The van der Waals surface area contributed by atoms with Gasteiger partial charge in [0.15, 0.2) is 24.6 Å². The lowest BCUT2D eigenvalue weighted by atomic mass is 9.98. The average Bonchev–Trinajstić information content (AvgIpc) is 3.46. The molecule has 3 N–H and O–H groups in total. The van der Waals surface area contributed by atoms with E-state index in [2.05, 4.69) is 173 Å². The zero-order chi connectivity index (χ0) is 58.9. The molecule has 6 unspecified atom stereocenters. The second-order valence-electron chi connectivity index (χ2n) is 19.1. The van der Waals surface area contributed by atoms with Crippen LogP contribution in [0, 0.1) is 0 Å². The molecule has 1 heterocycles. The van der Waals surface area contributed by atoms with E-state index >= 15 is 0 Å². The van der Waals surface area contributed by atoms with E-state index in [0.29, 0.717) is 32.1 Å². The number of aliphatic carboxylic acids is 1. The van der Waals surface area contributed by atoms with Crippen molar-refractivity contribution in [3.05, 3.63) is 182 Å². The number of carbonyl (C=O) groups excluding carboxylic acids is 3. The Morgan fingerprint density at radius 2 is 0.765 bits per heavy atom. The minimum atomic E-state index is -1.95. The molecule has 0 radical (unpaired) electrons. The molecule has 1 aliphatic heterocycles. The minimum absolute atomic E-state index is 0.0661. The van der Waals surface area contributed by atoms with Crippen molar-refractivity contribution in [2.24, 2.45) is 0 Å². The molecular formula is C69H100O12. The summed E-state index contributed by atoms with van der Waals surface area (Å²) in [7, 11) is 0. The maximum absolute atomic E-state index is 13.2. The Bertz CT molecular complexity index is 2110. The third-order valence-corrected chi connectivity index (χ3v) is 12.0. The minimum Gasteiger partial charge on any atom is -0.479 e. The molecule has 0 saturated carbocycles. The molecule has 0 amide bonds. The zero-order valence-electron chi connectivity index (χ0n) is 49.2. The first-order valence-corrected chi connectivity index (χ1v) is 29.8. The van der Waals surface area contributed by atoms with E-state index in [1.54, 1.807) is 0 Å². The fourth-order valence-corrected chi connectivity index (χ4v) is 7.55. The molecule has 1 fully saturated rings. The molecule has 0 bridgehead atoms. The molecule has 1 rings (SSSR count). The summed E-state index contributed by atoms with van der Waals surface area (Å²) >= 11 is 0. The van der Waals surface area contributed by atoms with Gasteiger partial charge >= 0.3 is 23.9 Å². The summed E-state index contributed by atoms with van der Waals surface area (Å²) in [5, 5.41) is 31.5. The van der Waals surface area contributed by atoms with Gasteiger partial charge in [0.25, 0.3) is 0 Å². The maximum Gasteiger partial charge on any atom is 0.335 e. The number of esters is 3. The van der Waals surface area contributed by atoms with Gasteiger partial charge in [0, 0.05) is 19.3 Å². The lowest BCUT2D eigenvalue weighted by Crippen LogP contribution is -2.61. The van der Waals surface area contributed by atoms with Crippen molar-refractivity contribution < 1.29 is 58.2 Å². The van der Waals surface area contributed by atoms with Gasteiger partial charge in [-0.3, -0.25) is 14.4 Å². The average molecular weight is 1120 g/mol. The van der Waals surface area contributed by atoms with Crippen LogP contribution in [0.4, 0.5) is 0 Å². The Morgan fingerprint density at radius 3 is 1.15 bits per heavy atom. The normalized spacial score (nSPS) is 19.0. The summed E-state index contributed by atoms with van der Waals surface area (Å²) in [6.45, 7) is 5.49. The van der Waals surface area contributed by atoms with Gasteiger partial charge < -0.3 is 39.0 Å². The molecule has 6 atom stereocenters. The van der Waals surface area contributed by atoms with E-state index < -0.39 is 73.9 Å². The predicted molar refractivity (Wildman–Crippen MR) is 330 cm³/mol. The highest BCUT2D eigenvalue weighted by Crippen LogP contribution is 2.26. The fraction of sp³-hybridized carbons (Fsp3) is 0.507. The van der Waals surface area contributed by atoms with Gasteiger partial charge in [0.05, 0.1) is 6.61 Å². The number of rotatable bonds is 47. The number of allylic oxidation sites excluding steroid dienone is 30. The van der Waals surface area contributed by atoms with Gasteiger partial charge in [-0.1, -0.05) is 209 Å². The van der Waals surface area contributed by atoms with E-state index in [1.807, 2.05) is 30.4 Å². The lowest BCUT2D eigenvalue weighted by molar-refractivity contribution is -0.301. The van der Waals surface area contributed by atoms with Crippen LogP contribution in [0.15, 0.2) is 182 Å². The van der Waals surface area contributed by atoms with Crippen molar-refractivity contribution in [1.29, 1.82) is 0 Å². The number of hydrogen-bond donors (Lipinski definition) is 3. The molecule has 12 nitrogen and oxygen atoms in total. The molecule has 0 aliphatic carbocycles. The third kappa shape index (κ3) is 44.2. The second-order valence-corrected chi connectivity index (χ2v) is 19.1. The fourth-order valence-electron chi connectivity index (χ4n) is 7.55. The molecule has 81 heavy (non-hydrogen) atoms. The summed E-state index contributed by atoms with van der Waals surface area (Å²) in [4.78, 5) is 51.1. The Morgan fingerprint density at radius 1 is 0.407 bits per heavy atom. The van der Waals surface area contributed by atoms with E-state index in [1.165, 1.54) is 0 Å². The van der Waals surface area contributed by atoms with Gasteiger partial charge in [-0.15, -0.1) is 0 Å². The highest BCUT2D eigenvalue weighted by atomic mass is 16.7. The maximum atomic E-state index is 13.2. The quantitative estimate of drug-likeness (QED) is 0.0228. The number of carbonyl (C=O) groups is 4. The van der Waals surface area contributed by atoms with Crippen LogP contribution in [0.5, 0.6) is 0 Å². The number of aliphatic hydroxyl groups is 2. The number of hydrogen-bond acceptors (Lipinski definition) is 11. The Labute approximate surface area is 487 Å². The van der Waals surface area contributed by atoms with Crippen LogP contribution >= 0.6 is 0 Å². The SMILES string of the molecule is CC/C=C\C/C=C\C/C=C\C/C=C\C/C=C\C/C=C\CCC(=O)OCC(COC1OC(C(=O)O)C(O)C(O)C1OC(=O)CC/C=C\C/C=C\C/C=C\C/C=C\CC)OC(=O)CCCCC/C=C\C/C=C\C/C=C\C/C=C\C/C=C\CC. The Kier molecular flexibility index (Phi) is 48.9. The highest BCUT2D eigenvalue weighted by Gasteiger charge is 2.50. The van der Waals surface area contributed by atoms with Crippen molar-refractivity contribution in [2.75, 3.05) is 13.2 Å². The molecule has 0 aromatic carbocycles. The van der Waals surface area contributed by atoms with Crippen molar-refractivity contribution in [3.8, 4) is 0 Å². The molecule has 0 spiro atoms. The summed E-state index contributed by atoms with van der Waals surface area (Å²) in [6.07, 6.45) is 70.3. The monoisotopic (exact) mass is 1120 g/mol. The zero-order valence-corrected chi connectivity index (χ0v) is 49.2. The number of aliphatic hydroxyl groups excluding tert-OH is 2. The van der Waals surface area contributed by atoms with Crippen molar-refractivity contribution in [2.45, 2.75) is 212 Å². The van der Waals surface area contributed by atoms with Gasteiger partial charge in [-0.05, 0) is 128 Å². The molecule has 1 saturated heterocycles. The van der Waals surface area contributed by atoms with Crippen LogP contribution in [-0.2, 0) is 42.9 Å². The van der Waals surface area contributed by atoms with Crippen LogP contribution in [0.25, 0.3) is 0 Å². The van der Waals surface area contributed by atoms with E-state index in [0.717, 1.165) is 103 Å². The van der Waals surface area contributed by atoms with Crippen LogP contribution in [0.3, 0.4) is 0 Å². The first kappa shape index (κ1) is 72.8. The molecule has 1 aliphatic rings. The Hall–Kier alpha value is -6.18. The van der Waals surface area contributed by atoms with Gasteiger partial charge in [-0.25, -0.2) is 4.79 Å². The number of ether oxygens (including phenoxy) is 5. The topological polar surface area (TPSA) is 175 Å². The summed E-state index contributed by atoms with van der Waals surface area (Å²) in [5.41, 5.74) is 0. The van der Waals surface area contributed by atoms with E-state index in [4.69, 9.17) is 23.7 Å². The second kappa shape index (κ2) is 54.4. The summed E-state index contributed by atoms with van der Waals surface area (Å²) < 4.78 is 28.2. The van der Waals surface area contributed by atoms with Crippen molar-refractivity contribution in [1.82, 2.24) is 0 Å². The molecular weight excluding hydrogens is 1020 g/mol. The number of carboxylic acids is 1. The lowest BCUT2D eigenvalue weighted by Gasteiger charge is -2.40. The molecule has 0 aromatic rings. The molecule has 0 aromatic heterocycles. The van der Waals surface area contributed by atoms with Crippen LogP contribution < -0.4 is 0 Å². The number of unbranched alkanes of at least 4 members (excludes halogenated alkanes) is 3. The standard InChI is InChI=1S/C69H100O12/c1-4-7-10-13-16-19-22-25-27-29-31-33-35-38-40-43-46-49-52-55-61(70)77-58-60(79-62(71)56-53-50-47-44-42-39-36-34-32-30-28-26-23-20-17-14-11-8-5-2)59-78-69-67(65(74)64(73)66(81-69)68(75)76)80-63(72)57-54-51-48-45-41-37-24-21-18-15-12-9-6-3/h7-12,16-21,25-28,31-34,37-42,46,48-49,51,60,64-67,69,73-74H,4-6,13-15,22-24,29-30,35-36,43-45,47,50,52-59H2,1-3H3,(H,75,76)/b10-7-,11-8-,12-9-,19-16-,20-17-,21-18-,27-25-,28-26-,33-31-,34-32-,40-38-,41-37-,42-39-,49-46-,51-48-. The van der Waals surface area contributed by atoms with E-state index in [9.17, 15) is 34.5 Å².